The van der Waals surface area contributed by atoms with Crippen molar-refractivity contribution in [3.05, 3.63) is 23.2 Å². The molecule has 3 rings (SSSR count). The van der Waals surface area contributed by atoms with E-state index in [4.69, 9.17) is 16.3 Å². The molecule has 1 aliphatic rings. The molecule has 1 aromatic carbocycles. The molecule has 1 aromatic heterocycles. The Balaban J connectivity index is 1.79. The van der Waals surface area contributed by atoms with Crippen LogP contribution in [0.3, 0.4) is 0 Å². The zero-order chi connectivity index (χ0) is 14.8. The second-order valence-electron chi connectivity index (χ2n) is 5.26. The fourth-order valence-corrected chi connectivity index (χ4v) is 2.91. The van der Waals surface area contributed by atoms with Crippen molar-refractivity contribution in [3.8, 4) is 0 Å². The van der Waals surface area contributed by atoms with Crippen LogP contribution in [0.5, 0.6) is 0 Å². The number of rotatable bonds is 3. The predicted octanol–water partition coefficient (Wildman–Crippen LogP) is 3.00. The van der Waals surface area contributed by atoms with Crippen LogP contribution in [-0.2, 0) is 9.53 Å². The van der Waals surface area contributed by atoms with Crippen LogP contribution >= 0.6 is 11.6 Å². The number of benzene rings is 1. The molecule has 112 valence electrons. The summed E-state index contributed by atoms with van der Waals surface area (Å²) in [6, 6.07) is 5.58. The lowest BCUT2D eigenvalue weighted by atomic mass is 9.98. The van der Waals surface area contributed by atoms with Gasteiger partial charge < -0.3 is 14.6 Å². The second kappa shape index (κ2) is 5.93. The first-order valence-corrected chi connectivity index (χ1v) is 7.62. The first kappa shape index (κ1) is 14.2. The van der Waals surface area contributed by atoms with Crippen molar-refractivity contribution < 1.29 is 9.53 Å². The van der Waals surface area contributed by atoms with Crippen molar-refractivity contribution in [2.45, 2.75) is 19.8 Å². The maximum Gasteiger partial charge on any atom is 0.310 e. The smallest absolute Gasteiger partial charge is 0.310 e. The molecular weight excluding hydrogens is 290 g/mol. The van der Waals surface area contributed by atoms with E-state index >= 15 is 0 Å². The fourth-order valence-electron chi connectivity index (χ4n) is 2.74. The summed E-state index contributed by atoms with van der Waals surface area (Å²) in [4.78, 5) is 21.9. The maximum atomic E-state index is 11.9. The summed E-state index contributed by atoms with van der Waals surface area (Å²) in [5, 5.41) is 0.681. The lowest BCUT2D eigenvalue weighted by Gasteiger charge is -2.31. The van der Waals surface area contributed by atoms with Crippen molar-refractivity contribution in [1.29, 1.82) is 0 Å². The minimum atomic E-state index is -0.110. The molecule has 0 saturated carbocycles. The molecule has 0 bridgehead atoms. The third kappa shape index (κ3) is 2.97. The maximum absolute atomic E-state index is 11.9. The number of aromatic nitrogens is 2. The summed E-state index contributed by atoms with van der Waals surface area (Å²) in [5.74, 6) is 0.609. The molecule has 1 N–H and O–H groups in total. The van der Waals surface area contributed by atoms with E-state index < -0.39 is 0 Å². The number of halogens is 1. The van der Waals surface area contributed by atoms with Gasteiger partial charge in [-0.2, -0.15) is 0 Å². The molecule has 21 heavy (non-hydrogen) atoms. The highest BCUT2D eigenvalue weighted by molar-refractivity contribution is 6.31. The van der Waals surface area contributed by atoms with Crippen molar-refractivity contribution in [2.24, 2.45) is 5.92 Å². The fraction of sp³-hybridized carbons (Fsp3) is 0.467. The third-order valence-electron chi connectivity index (χ3n) is 3.77. The van der Waals surface area contributed by atoms with Gasteiger partial charge in [0.2, 0.25) is 5.95 Å². The van der Waals surface area contributed by atoms with Gasteiger partial charge >= 0.3 is 5.97 Å². The summed E-state index contributed by atoms with van der Waals surface area (Å²) < 4.78 is 5.13. The normalized spacial score (nSPS) is 19.0. The van der Waals surface area contributed by atoms with E-state index in [1.165, 1.54) is 0 Å². The van der Waals surface area contributed by atoms with Crippen molar-refractivity contribution in [3.63, 3.8) is 0 Å². The van der Waals surface area contributed by atoms with E-state index in [9.17, 15) is 4.79 Å². The number of nitrogens with zero attached hydrogens (tertiary/aromatic N) is 2. The Bertz CT molecular complexity index is 655. The average Bonchev–Trinajstić information content (AvgIpc) is 2.90. The van der Waals surface area contributed by atoms with Gasteiger partial charge in [-0.1, -0.05) is 11.6 Å². The van der Waals surface area contributed by atoms with Gasteiger partial charge in [0, 0.05) is 18.1 Å². The number of hydrogen-bond donors (Lipinski definition) is 1. The minimum Gasteiger partial charge on any atom is -0.466 e. The van der Waals surface area contributed by atoms with Crippen LogP contribution in [0.1, 0.15) is 19.8 Å². The molecule has 2 heterocycles. The number of carbonyl (C=O) groups is 1. The van der Waals surface area contributed by atoms with E-state index in [1.54, 1.807) is 0 Å². The number of carbonyl (C=O) groups excluding carboxylic acids is 1. The summed E-state index contributed by atoms with van der Waals surface area (Å²) in [5.41, 5.74) is 1.79. The van der Waals surface area contributed by atoms with Gasteiger partial charge in [0.1, 0.15) is 0 Å². The molecule has 2 aromatic rings. The van der Waals surface area contributed by atoms with Crippen molar-refractivity contribution >= 4 is 34.6 Å². The molecule has 1 unspecified atom stereocenters. The Morgan fingerprint density at radius 2 is 2.43 bits per heavy atom. The molecule has 1 aliphatic heterocycles. The molecule has 0 radical (unpaired) electrons. The minimum absolute atomic E-state index is 0.0736. The van der Waals surface area contributed by atoms with Crippen LogP contribution in [-0.4, -0.2) is 35.6 Å². The molecule has 0 spiro atoms. The number of imidazole rings is 1. The van der Waals surface area contributed by atoms with Crippen LogP contribution in [0.4, 0.5) is 5.95 Å². The van der Waals surface area contributed by atoms with Gasteiger partial charge in [-0.3, -0.25) is 4.79 Å². The standard InChI is InChI=1S/C15H18ClN3O2/c1-2-21-14(20)10-4-3-7-19(9-10)15-17-12-6-5-11(16)8-13(12)18-15/h5-6,8,10H,2-4,7,9H2,1H3,(H,17,18). The highest BCUT2D eigenvalue weighted by atomic mass is 35.5. The van der Waals surface area contributed by atoms with Gasteiger partial charge in [-0.05, 0) is 38.0 Å². The summed E-state index contributed by atoms with van der Waals surface area (Å²) in [7, 11) is 0. The molecule has 1 fully saturated rings. The number of aromatic amines is 1. The van der Waals surface area contributed by atoms with Crippen LogP contribution < -0.4 is 4.90 Å². The predicted molar refractivity (Wildman–Crippen MR) is 82.7 cm³/mol. The van der Waals surface area contributed by atoms with Crippen LogP contribution in [0, 0.1) is 5.92 Å². The summed E-state index contributed by atoms with van der Waals surface area (Å²) in [6.07, 6.45) is 1.84. The van der Waals surface area contributed by atoms with Gasteiger partial charge in [0.25, 0.3) is 0 Å². The zero-order valence-corrected chi connectivity index (χ0v) is 12.7. The zero-order valence-electron chi connectivity index (χ0n) is 11.9. The summed E-state index contributed by atoms with van der Waals surface area (Å²) in [6.45, 7) is 3.80. The van der Waals surface area contributed by atoms with E-state index in [0.717, 1.165) is 36.4 Å². The quantitative estimate of drug-likeness (QED) is 0.886. The van der Waals surface area contributed by atoms with Crippen LogP contribution in [0.25, 0.3) is 11.0 Å². The number of fused-ring (bicyclic) bond motifs is 1. The third-order valence-corrected chi connectivity index (χ3v) is 4.01. The Morgan fingerprint density at radius 1 is 1.57 bits per heavy atom. The Kier molecular flexibility index (Phi) is 4.01. The molecule has 1 saturated heterocycles. The summed E-state index contributed by atoms with van der Waals surface area (Å²) >= 11 is 5.99. The number of H-pyrrole nitrogens is 1. The molecule has 0 aliphatic carbocycles. The molecule has 6 heteroatoms. The first-order chi connectivity index (χ1) is 10.2. The largest absolute Gasteiger partial charge is 0.466 e. The number of esters is 1. The Hall–Kier alpha value is -1.75. The highest BCUT2D eigenvalue weighted by Crippen LogP contribution is 2.25. The molecule has 0 amide bonds. The van der Waals surface area contributed by atoms with E-state index in [1.807, 2.05) is 25.1 Å². The Morgan fingerprint density at radius 3 is 3.24 bits per heavy atom. The van der Waals surface area contributed by atoms with E-state index in [0.29, 0.717) is 18.2 Å². The lowest BCUT2D eigenvalue weighted by Crippen LogP contribution is -2.40. The second-order valence-corrected chi connectivity index (χ2v) is 5.70. The highest BCUT2D eigenvalue weighted by Gasteiger charge is 2.28. The lowest BCUT2D eigenvalue weighted by molar-refractivity contribution is -0.148. The van der Waals surface area contributed by atoms with Crippen molar-refractivity contribution in [1.82, 2.24) is 9.97 Å². The average molecular weight is 308 g/mol. The monoisotopic (exact) mass is 307 g/mol. The van der Waals surface area contributed by atoms with Crippen molar-refractivity contribution in [2.75, 3.05) is 24.6 Å². The Labute approximate surface area is 128 Å². The molecule has 5 nitrogen and oxygen atoms in total. The molecule has 1 atom stereocenters. The first-order valence-electron chi connectivity index (χ1n) is 7.24. The number of hydrogen-bond acceptors (Lipinski definition) is 4. The van der Waals surface area contributed by atoms with Crippen LogP contribution in [0.2, 0.25) is 5.02 Å². The van der Waals surface area contributed by atoms with E-state index in [2.05, 4.69) is 14.9 Å². The SMILES string of the molecule is CCOC(=O)C1CCCN(c2nc3ccc(Cl)cc3[nH]2)C1. The van der Waals surface area contributed by atoms with Crippen LogP contribution in [0.15, 0.2) is 18.2 Å². The topological polar surface area (TPSA) is 58.2 Å². The number of nitrogens with one attached hydrogen (secondary N) is 1. The van der Waals surface area contributed by atoms with E-state index in [-0.39, 0.29) is 11.9 Å². The molecular formula is C15H18ClN3O2. The number of anilines is 1. The van der Waals surface area contributed by atoms with Gasteiger partial charge in [0.05, 0.1) is 23.6 Å². The van der Waals surface area contributed by atoms with Gasteiger partial charge in [-0.25, -0.2) is 4.98 Å². The van der Waals surface area contributed by atoms with Gasteiger partial charge in [-0.15, -0.1) is 0 Å². The van der Waals surface area contributed by atoms with Gasteiger partial charge in [0.15, 0.2) is 0 Å². The number of piperidine rings is 1. The number of ether oxygens (including phenoxy) is 1.